The maximum absolute atomic E-state index is 12.6. The van der Waals surface area contributed by atoms with Gasteiger partial charge in [0.05, 0.1) is 10.2 Å². The van der Waals surface area contributed by atoms with Gasteiger partial charge in [-0.1, -0.05) is 36.4 Å². The Hall–Kier alpha value is -3.32. The van der Waals surface area contributed by atoms with Crippen LogP contribution in [0.1, 0.15) is 5.01 Å². The maximum atomic E-state index is 12.6. The Labute approximate surface area is 169 Å². The van der Waals surface area contributed by atoms with E-state index < -0.39 is 11.9 Å². The van der Waals surface area contributed by atoms with E-state index in [0.717, 1.165) is 33.1 Å². The van der Waals surface area contributed by atoms with Crippen LogP contribution in [0.4, 0.5) is 30.2 Å². The Morgan fingerprint density at radius 3 is 2.00 bits per heavy atom. The molecule has 7 heteroatoms. The summed E-state index contributed by atoms with van der Waals surface area (Å²) in [5, 5.41) is 9.29. The van der Waals surface area contributed by atoms with E-state index in [9.17, 15) is 18.3 Å². The summed E-state index contributed by atoms with van der Waals surface area (Å²) in [6, 6.07) is 25.1. The second kappa shape index (κ2) is 7.60. The zero-order chi connectivity index (χ0) is 20.4. The number of rotatable bonds is 4. The predicted octanol–water partition coefficient (Wildman–Crippen LogP) is 7.23. The molecule has 0 bridgehead atoms. The number of aromatic nitrogens is 1. The number of nitrogens with zero attached hydrogens (tertiary/aromatic N) is 2. The van der Waals surface area contributed by atoms with E-state index in [2.05, 4.69) is 4.98 Å². The molecule has 1 aromatic heterocycles. The molecule has 4 aromatic rings. The number of anilines is 3. The summed E-state index contributed by atoms with van der Waals surface area (Å²) < 4.78 is 38.5. The lowest BCUT2D eigenvalue weighted by Crippen LogP contribution is -2.10. The highest BCUT2D eigenvalue weighted by Gasteiger charge is 2.34. The molecule has 0 saturated carbocycles. The van der Waals surface area contributed by atoms with Crippen molar-refractivity contribution in [2.45, 2.75) is 6.18 Å². The number of benzene rings is 3. The number of allylic oxidation sites excluding steroid dienone is 1. The number of hydrogen-bond acceptors (Lipinski definition) is 4. The molecule has 4 rings (SSSR count). The van der Waals surface area contributed by atoms with E-state index in [-0.39, 0.29) is 5.01 Å². The SMILES string of the molecule is O/C(=C\c1nc2cc(N(c3ccccc3)c3ccccc3)ccc2s1)C(F)(F)F. The minimum atomic E-state index is -4.79. The van der Waals surface area contributed by atoms with Crippen molar-refractivity contribution in [1.29, 1.82) is 0 Å². The lowest BCUT2D eigenvalue weighted by atomic mass is 10.2. The van der Waals surface area contributed by atoms with Crippen LogP contribution in [0, 0.1) is 0 Å². The van der Waals surface area contributed by atoms with Crippen molar-refractivity contribution in [2.75, 3.05) is 4.90 Å². The second-order valence-electron chi connectivity index (χ2n) is 6.24. The molecule has 3 aromatic carbocycles. The van der Waals surface area contributed by atoms with Gasteiger partial charge in [-0.3, -0.25) is 0 Å². The van der Waals surface area contributed by atoms with E-state index in [0.29, 0.717) is 11.6 Å². The lowest BCUT2D eigenvalue weighted by molar-refractivity contribution is -0.119. The van der Waals surface area contributed by atoms with Crippen molar-refractivity contribution in [2.24, 2.45) is 0 Å². The third kappa shape index (κ3) is 4.09. The van der Waals surface area contributed by atoms with Gasteiger partial charge in [-0.15, -0.1) is 11.3 Å². The molecule has 0 aliphatic rings. The summed E-state index contributed by atoms with van der Waals surface area (Å²) in [4.78, 5) is 6.30. The number of thiazole rings is 1. The normalized spacial score (nSPS) is 12.3. The van der Waals surface area contributed by atoms with Crippen molar-refractivity contribution >= 4 is 44.7 Å². The molecule has 0 aliphatic heterocycles. The van der Waals surface area contributed by atoms with Gasteiger partial charge in [-0.25, -0.2) is 4.98 Å². The molecule has 0 aliphatic carbocycles. The number of halogens is 3. The average Bonchev–Trinajstić information content (AvgIpc) is 3.11. The molecule has 1 heterocycles. The third-order valence-electron chi connectivity index (χ3n) is 4.23. The van der Waals surface area contributed by atoms with E-state index in [1.54, 1.807) is 0 Å². The van der Waals surface area contributed by atoms with Crippen molar-refractivity contribution in [3.8, 4) is 0 Å². The van der Waals surface area contributed by atoms with Gasteiger partial charge in [-0.05, 0) is 42.5 Å². The molecule has 3 nitrogen and oxygen atoms in total. The summed E-state index contributed by atoms with van der Waals surface area (Å²) in [5.74, 6) is -1.66. The van der Waals surface area contributed by atoms with Crippen LogP contribution in [-0.4, -0.2) is 16.3 Å². The average molecular weight is 412 g/mol. The quantitative estimate of drug-likeness (QED) is 0.359. The molecule has 0 spiro atoms. The highest BCUT2D eigenvalue weighted by Crippen LogP contribution is 2.37. The van der Waals surface area contributed by atoms with Gasteiger partial charge in [0.2, 0.25) is 5.76 Å². The molecule has 0 fully saturated rings. The molecular formula is C22H15F3N2OS. The molecule has 0 saturated heterocycles. The Bertz CT molecular complexity index is 1120. The van der Waals surface area contributed by atoms with E-state index >= 15 is 0 Å². The van der Waals surface area contributed by atoms with Gasteiger partial charge >= 0.3 is 6.18 Å². The number of aliphatic hydroxyl groups is 1. The molecule has 1 N–H and O–H groups in total. The fraction of sp³-hybridized carbons (Fsp3) is 0.0455. The van der Waals surface area contributed by atoms with Crippen LogP contribution in [0.2, 0.25) is 0 Å². The Morgan fingerprint density at radius 1 is 0.862 bits per heavy atom. The van der Waals surface area contributed by atoms with Crippen molar-refractivity contribution in [3.05, 3.63) is 89.6 Å². The first-order valence-electron chi connectivity index (χ1n) is 8.70. The minimum absolute atomic E-state index is 0.0953. The Kier molecular flexibility index (Phi) is 4.98. The van der Waals surface area contributed by atoms with Crippen LogP contribution < -0.4 is 4.90 Å². The van der Waals surface area contributed by atoms with Gasteiger partial charge in [0, 0.05) is 23.1 Å². The third-order valence-corrected chi connectivity index (χ3v) is 5.21. The smallest absolute Gasteiger partial charge is 0.448 e. The monoisotopic (exact) mass is 412 g/mol. The number of para-hydroxylation sites is 2. The molecular weight excluding hydrogens is 397 g/mol. The summed E-state index contributed by atoms with van der Waals surface area (Å²) in [7, 11) is 0. The van der Waals surface area contributed by atoms with Gasteiger partial charge in [0.1, 0.15) is 5.01 Å². The molecule has 29 heavy (non-hydrogen) atoms. The molecule has 0 amide bonds. The predicted molar refractivity (Wildman–Crippen MR) is 111 cm³/mol. The first-order chi connectivity index (χ1) is 13.9. The second-order valence-corrected chi connectivity index (χ2v) is 7.30. The Balaban J connectivity index is 1.79. The zero-order valence-corrected chi connectivity index (χ0v) is 15.8. The van der Waals surface area contributed by atoms with E-state index in [4.69, 9.17) is 0 Å². The van der Waals surface area contributed by atoms with Gasteiger partial charge < -0.3 is 10.0 Å². The summed E-state index contributed by atoms with van der Waals surface area (Å²) >= 11 is 1.09. The largest absolute Gasteiger partial charge is 0.504 e. The van der Waals surface area contributed by atoms with Crippen LogP contribution in [-0.2, 0) is 0 Å². The van der Waals surface area contributed by atoms with E-state index in [1.165, 1.54) is 0 Å². The number of aliphatic hydroxyl groups excluding tert-OH is 1. The molecule has 0 radical (unpaired) electrons. The highest BCUT2D eigenvalue weighted by molar-refractivity contribution is 7.19. The van der Waals surface area contributed by atoms with Crippen LogP contribution in [0.25, 0.3) is 16.3 Å². The van der Waals surface area contributed by atoms with Crippen molar-refractivity contribution in [3.63, 3.8) is 0 Å². The first kappa shape index (κ1) is 19.0. The number of alkyl halides is 3. The lowest BCUT2D eigenvalue weighted by Gasteiger charge is -2.25. The van der Waals surface area contributed by atoms with E-state index in [1.807, 2.05) is 83.8 Å². The van der Waals surface area contributed by atoms with Crippen molar-refractivity contribution in [1.82, 2.24) is 4.98 Å². The van der Waals surface area contributed by atoms with Crippen LogP contribution >= 0.6 is 11.3 Å². The van der Waals surface area contributed by atoms with Gasteiger partial charge in [-0.2, -0.15) is 13.2 Å². The van der Waals surface area contributed by atoms with Gasteiger partial charge in [0.15, 0.2) is 0 Å². The van der Waals surface area contributed by atoms with Crippen LogP contribution in [0.5, 0.6) is 0 Å². The minimum Gasteiger partial charge on any atom is -0.504 e. The molecule has 0 atom stereocenters. The topological polar surface area (TPSA) is 36.4 Å². The summed E-state index contributed by atoms with van der Waals surface area (Å²) in [6.45, 7) is 0. The highest BCUT2D eigenvalue weighted by atomic mass is 32.1. The first-order valence-corrected chi connectivity index (χ1v) is 9.52. The molecule has 0 unspecified atom stereocenters. The zero-order valence-electron chi connectivity index (χ0n) is 15.0. The van der Waals surface area contributed by atoms with Crippen molar-refractivity contribution < 1.29 is 18.3 Å². The van der Waals surface area contributed by atoms with Crippen LogP contribution in [0.3, 0.4) is 0 Å². The fourth-order valence-corrected chi connectivity index (χ4v) is 3.82. The standard InChI is InChI=1S/C22H15F3N2OS/c23-22(24,25)20(28)14-21-26-18-13-17(11-12-19(18)29-21)27(15-7-3-1-4-8-15)16-9-5-2-6-10-16/h1-14,28H/b20-14-. The maximum Gasteiger partial charge on any atom is 0.448 e. The fourth-order valence-electron chi connectivity index (χ4n) is 2.93. The Morgan fingerprint density at radius 2 is 1.45 bits per heavy atom. The van der Waals surface area contributed by atoms with Crippen LogP contribution in [0.15, 0.2) is 84.6 Å². The summed E-state index contributed by atoms with van der Waals surface area (Å²) in [6.07, 6.45) is -4.14. The molecule has 146 valence electrons. The van der Waals surface area contributed by atoms with Gasteiger partial charge in [0.25, 0.3) is 0 Å². The number of fused-ring (bicyclic) bond motifs is 1. The summed E-state index contributed by atoms with van der Waals surface area (Å²) in [5.41, 5.74) is 3.28. The number of hydrogen-bond donors (Lipinski definition) is 1.